The molecule has 1 N–H and O–H groups in total. The van der Waals surface area contributed by atoms with Crippen molar-refractivity contribution in [2.75, 3.05) is 6.54 Å². The summed E-state index contributed by atoms with van der Waals surface area (Å²) in [5.74, 6) is 0.645. The van der Waals surface area contributed by atoms with Crippen molar-refractivity contribution in [3.05, 3.63) is 65.7 Å². The monoisotopic (exact) mass is 297 g/mol. The fourth-order valence-electron chi connectivity index (χ4n) is 2.17. The van der Waals surface area contributed by atoms with Crippen molar-refractivity contribution in [3.8, 4) is 5.75 Å². The Labute approximate surface area is 132 Å². The highest BCUT2D eigenvalue weighted by Gasteiger charge is 2.13. The van der Waals surface area contributed by atoms with E-state index in [-0.39, 0.29) is 5.91 Å². The molecule has 22 heavy (non-hydrogen) atoms. The molecule has 116 valence electrons. The molecule has 3 nitrogen and oxygen atoms in total. The SMILES string of the molecule is Cc1ccc(O[C@@H](C)C(=O)NCCCc2ccccc2)cc1. The standard InChI is InChI=1S/C19H23NO2/c1-15-10-12-18(13-11-15)22-16(2)19(21)20-14-6-9-17-7-4-3-5-8-17/h3-5,7-8,10-13,16H,6,9,14H2,1-2H3,(H,20,21)/t16-/m0/s1. The van der Waals surface area contributed by atoms with Gasteiger partial charge < -0.3 is 10.1 Å². The Balaban J connectivity index is 1.69. The maximum absolute atomic E-state index is 12.0. The molecule has 0 bridgehead atoms. The molecule has 0 aliphatic rings. The summed E-state index contributed by atoms with van der Waals surface area (Å²) in [7, 11) is 0. The van der Waals surface area contributed by atoms with Crippen LogP contribution < -0.4 is 10.1 Å². The third-order valence-corrected chi connectivity index (χ3v) is 3.49. The summed E-state index contributed by atoms with van der Waals surface area (Å²) in [6.45, 7) is 4.45. The van der Waals surface area contributed by atoms with Crippen molar-refractivity contribution in [2.45, 2.75) is 32.8 Å². The summed E-state index contributed by atoms with van der Waals surface area (Å²) in [5.41, 5.74) is 2.46. The number of carbonyl (C=O) groups excluding carboxylic acids is 1. The summed E-state index contributed by atoms with van der Waals surface area (Å²) in [6.07, 6.45) is 1.40. The molecule has 0 radical (unpaired) electrons. The summed E-state index contributed by atoms with van der Waals surface area (Å²) in [4.78, 5) is 12.0. The van der Waals surface area contributed by atoms with E-state index in [9.17, 15) is 4.79 Å². The second kappa shape index (κ2) is 8.23. The molecule has 0 aliphatic carbocycles. The Bertz CT molecular complexity index is 578. The van der Waals surface area contributed by atoms with Crippen LogP contribution in [0, 0.1) is 6.92 Å². The summed E-state index contributed by atoms with van der Waals surface area (Å²) >= 11 is 0. The number of rotatable bonds is 7. The number of hydrogen-bond donors (Lipinski definition) is 1. The van der Waals surface area contributed by atoms with E-state index < -0.39 is 6.10 Å². The lowest BCUT2D eigenvalue weighted by molar-refractivity contribution is -0.127. The van der Waals surface area contributed by atoms with Gasteiger partial charge >= 0.3 is 0 Å². The number of benzene rings is 2. The molecule has 0 fully saturated rings. The lowest BCUT2D eigenvalue weighted by Crippen LogP contribution is -2.36. The van der Waals surface area contributed by atoms with Gasteiger partial charge in [-0.05, 0) is 44.4 Å². The molecule has 0 aromatic heterocycles. The van der Waals surface area contributed by atoms with E-state index in [0.29, 0.717) is 6.54 Å². The van der Waals surface area contributed by atoms with Crippen molar-refractivity contribution in [2.24, 2.45) is 0 Å². The molecule has 0 heterocycles. The van der Waals surface area contributed by atoms with E-state index >= 15 is 0 Å². The molecule has 0 saturated heterocycles. The molecule has 3 heteroatoms. The van der Waals surface area contributed by atoms with Gasteiger partial charge in [-0.25, -0.2) is 0 Å². The first-order chi connectivity index (χ1) is 10.6. The predicted molar refractivity (Wildman–Crippen MR) is 89.0 cm³/mol. The van der Waals surface area contributed by atoms with Gasteiger partial charge in [-0.1, -0.05) is 48.0 Å². The zero-order valence-corrected chi connectivity index (χ0v) is 13.2. The first-order valence-electron chi connectivity index (χ1n) is 7.70. The molecule has 0 saturated carbocycles. The fraction of sp³-hybridized carbons (Fsp3) is 0.316. The molecular formula is C19H23NO2. The van der Waals surface area contributed by atoms with Crippen LogP contribution in [0.4, 0.5) is 0 Å². The van der Waals surface area contributed by atoms with E-state index in [1.54, 1.807) is 6.92 Å². The van der Waals surface area contributed by atoms with E-state index in [0.717, 1.165) is 18.6 Å². The summed E-state index contributed by atoms with van der Waals surface area (Å²) < 4.78 is 5.63. The van der Waals surface area contributed by atoms with Gasteiger partial charge in [0.15, 0.2) is 6.10 Å². The highest BCUT2D eigenvalue weighted by atomic mass is 16.5. The molecule has 0 spiro atoms. The predicted octanol–water partition coefficient (Wildman–Crippen LogP) is 3.51. The number of nitrogens with one attached hydrogen (secondary N) is 1. The molecule has 0 unspecified atom stereocenters. The average molecular weight is 297 g/mol. The zero-order valence-electron chi connectivity index (χ0n) is 13.2. The zero-order chi connectivity index (χ0) is 15.8. The van der Waals surface area contributed by atoms with Gasteiger partial charge in [0.1, 0.15) is 5.75 Å². The van der Waals surface area contributed by atoms with Gasteiger partial charge in [-0.15, -0.1) is 0 Å². The number of amides is 1. The molecular weight excluding hydrogens is 274 g/mol. The number of hydrogen-bond acceptors (Lipinski definition) is 2. The molecule has 1 atom stereocenters. The third kappa shape index (κ3) is 5.24. The van der Waals surface area contributed by atoms with E-state index in [1.165, 1.54) is 11.1 Å². The molecule has 2 aromatic carbocycles. The fourth-order valence-corrected chi connectivity index (χ4v) is 2.17. The third-order valence-electron chi connectivity index (χ3n) is 3.49. The van der Waals surface area contributed by atoms with Crippen molar-refractivity contribution in [3.63, 3.8) is 0 Å². The Morgan fingerprint density at radius 3 is 2.45 bits per heavy atom. The van der Waals surface area contributed by atoms with Crippen molar-refractivity contribution < 1.29 is 9.53 Å². The number of ether oxygens (including phenoxy) is 1. The molecule has 2 rings (SSSR count). The van der Waals surface area contributed by atoms with Crippen LogP contribution >= 0.6 is 0 Å². The van der Waals surface area contributed by atoms with Crippen molar-refractivity contribution in [1.29, 1.82) is 0 Å². The summed E-state index contributed by atoms with van der Waals surface area (Å²) in [5, 5.41) is 2.92. The van der Waals surface area contributed by atoms with Crippen LogP contribution in [0.3, 0.4) is 0 Å². The van der Waals surface area contributed by atoms with Crippen LogP contribution in [0.2, 0.25) is 0 Å². The second-order valence-corrected chi connectivity index (χ2v) is 5.45. The van der Waals surface area contributed by atoms with Crippen LogP contribution in [0.5, 0.6) is 5.75 Å². The highest BCUT2D eigenvalue weighted by Crippen LogP contribution is 2.13. The Morgan fingerprint density at radius 2 is 1.77 bits per heavy atom. The number of carbonyl (C=O) groups is 1. The van der Waals surface area contributed by atoms with Gasteiger partial charge in [-0.3, -0.25) is 4.79 Å². The van der Waals surface area contributed by atoms with Crippen LogP contribution in [0.1, 0.15) is 24.5 Å². The minimum Gasteiger partial charge on any atom is -0.481 e. The molecule has 1 amide bonds. The van der Waals surface area contributed by atoms with Crippen LogP contribution in [0.25, 0.3) is 0 Å². The van der Waals surface area contributed by atoms with Crippen LogP contribution in [-0.2, 0) is 11.2 Å². The smallest absolute Gasteiger partial charge is 0.260 e. The second-order valence-electron chi connectivity index (χ2n) is 5.45. The first-order valence-corrected chi connectivity index (χ1v) is 7.70. The molecule has 2 aromatic rings. The maximum Gasteiger partial charge on any atom is 0.260 e. The highest BCUT2D eigenvalue weighted by molar-refractivity contribution is 5.80. The van der Waals surface area contributed by atoms with Crippen LogP contribution in [0.15, 0.2) is 54.6 Å². The van der Waals surface area contributed by atoms with Gasteiger partial charge in [0, 0.05) is 6.54 Å². The summed E-state index contributed by atoms with van der Waals surface area (Å²) in [6, 6.07) is 18.0. The van der Waals surface area contributed by atoms with Crippen molar-refractivity contribution >= 4 is 5.91 Å². The van der Waals surface area contributed by atoms with Gasteiger partial charge in [0.05, 0.1) is 0 Å². The van der Waals surface area contributed by atoms with Crippen molar-refractivity contribution in [1.82, 2.24) is 5.32 Å². The quantitative estimate of drug-likeness (QED) is 0.794. The lowest BCUT2D eigenvalue weighted by Gasteiger charge is -2.14. The Hall–Kier alpha value is -2.29. The minimum absolute atomic E-state index is 0.0753. The average Bonchev–Trinajstić information content (AvgIpc) is 2.54. The van der Waals surface area contributed by atoms with Gasteiger partial charge in [-0.2, -0.15) is 0 Å². The van der Waals surface area contributed by atoms with Crippen LogP contribution in [-0.4, -0.2) is 18.6 Å². The Morgan fingerprint density at radius 1 is 1.09 bits per heavy atom. The largest absolute Gasteiger partial charge is 0.481 e. The van der Waals surface area contributed by atoms with E-state index in [2.05, 4.69) is 17.4 Å². The first kappa shape index (κ1) is 16.1. The molecule has 0 aliphatic heterocycles. The minimum atomic E-state index is -0.487. The topological polar surface area (TPSA) is 38.3 Å². The maximum atomic E-state index is 12.0. The normalized spacial score (nSPS) is 11.7. The van der Waals surface area contributed by atoms with Gasteiger partial charge in [0.2, 0.25) is 0 Å². The van der Waals surface area contributed by atoms with E-state index in [1.807, 2.05) is 49.4 Å². The van der Waals surface area contributed by atoms with E-state index in [4.69, 9.17) is 4.74 Å². The Kier molecular flexibility index (Phi) is 6.01. The number of aryl methyl sites for hydroxylation is 2. The lowest BCUT2D eigenvalue weighted by atomic mass is 10.1. The van der Waals surface area contributed by atoms with Gasteiger partial charge in [0.25, 0.3) is 5.91 Å².